The smallest absolute Gasteiger partial charge is 0.170 e. The van der Waals surface area contributed by atoms with E-state index in [1.54, 1.807) is 0 Å². The van der Waals surface area contributed by atoms with Gasteiger partial charge in [-0.25, -0.2) is 0 Å². The SMILES string of the molecule is CN(C)[C@@H](c1ccccc1)[Si](c1ccccc1)(c1ccccc1)c1ccccc1. The standard InChI is InChI=1S/C27H27NSi/c1-28(2)27(23-15-7-3-8-16-23)29(24-17-9-4-10-18-24,25-19-11-5-12-20-25)26-21-13-6-14-22-26/h3-22,27H,1-2H3/t27-/m1/s1. The average molecular weight is 394 g/mol. The molecule has 4 aromatic carbocycles. The minimum atomic E-state index is -2.43. The molecule has 0 aliphatic carbocycles. The van der Waals surface area contributed by atoms with Crippen LogP contribution in [0.25, 0.3) is 0 Å². The van der Waals surface area contributed by atoms with E-state index in [0.717, 1.165) is 0 Å². The van der Waals surface area contributed by atoms with Crippen molar-refractivity contribution in [1.82, 2.24) is 4.90 Å². The lowest BCUT2D eigenvalue weighted by molar-refractivity contribution is 0.375. The topological polar surface area (TPSA) is 3.24 Å². The quantitative estimate of drug-likeness (QED) is 0.354. The monoisotopic (exact) mass is 393 g/mol. The van der Waals surface area contributed by atoms with Crippen molar-refractivity contribution in [3.63, 3.8) is 0 Å². The molecular weight excluding hydrogens is 366 g/mol. The Kier molecular flexibility index (Phi) is 5.75. The van der Waals surface area contributed by atoms with Gasteiger partial charge in [-0.05, 0) is 35.2 Å². The summed E-state index contributed by atoms with van der Waals surface area (Å²) in [7, 11) is 2.00. The van der Waals surface area contributed by atoms with Crippen LogP contribution < -0.4 is 15.6 Å². The Labute approximate surface area is 175 Å². The number of hydrogen-bond donors (Lipinski definition) is 0. The normalized spacial score (nSPS) is 12.7. The maximum atomic E-state index is 2.41. The zero-order valence-electron chi connectivity index (χ0n) is 17.1. The van der Waals surface area contributed by atoms with Gasteiger partial charge in [-0.2, -0.15) is 0 Å². The lowest BCUT2D eigenvalue weighted by Crippen LogP contribution is -2.73. The fourth-order valence-electron chi connectivity index (χ4n) is 4.65. The zero-order valence-corrected chi connectivity index (χ0v) is 18.1. The Morgan fingerprint density at radius 2 is 0.793 bits per heavy atom. The summed E-state index contributed by atoms with van der Waals surface area (Å²) in [5, 5.41) is 4.29. The Hall–Kier alpha value is -2.94. The van der Waals surface area contributed by atoms with Gasteiger partial charge in [0, 0.05) is 5.67 Å². The molecule has 0 aliphatic rings. The number of nitrogens with zero attached hydrogens (tertiary/aromatic N) is 1. The fraction of sp³-hybridized carbons (Fsp3) is 0.111. The minimum Gasteiger partial charge on any atom is -0.304 e. The van der Waals surface area contributed by atoms with Gasteiger partial charge in [0.15, 0.2) is 8.07 Å². The summed E-state index contributed by atoms with van der Waals surface area (Å²) in [6, 6.07) is 44.4. The second-order valence-corrected chi connectivity index (χ2v) is 11.6. The molecule has 144 valence electrons. The number of rotatable bonds is 6. The lowest BCUT2D eigenvalue weighted by Gasteiger charge is -2.44. The largest absolute Gasteiger partial charge is 0.304 e. The summed E-state index contributed by atoms with van der Waals surface area (Å²) in [5.74, 6) is 0. The second-order valence-electron chi connectivity index (χ2n) is 7.68. The molecule has 4 rings (SSSR count). The molecule has 0 radical (unpaired) electrons. The van der Waals surface area contributed by atoms with Crippen molar-refractivity contribution in [2.75, 3.05) is 14.1 Å². The van der Waals surface area contributed by atoms with E-state index in [-0.39, 0.29) is 5.67 Å². The summed E-state index contributed by atoms with van der Waals surface area (Å²) < 4.78 is 0. The molecule has 0 fully saturated rings. The first-order valence-electron chi connectivity index (χ1n) is 10.1. The van der Waals surface area contributed by atoms with Crippen LogP contribution in [0.3, 0.4) is 0 Å². The zero-order chi connectivity index (χ0) is 20.1. The Bertz CT molecular complexity index is 918. The number of hydrogen-bond acceptors (Lipinski definition) is 1. The summed E-state index contributed by atoms with van der Waals surface area (Å²) in [5.41, 5.74) is 1.62. The van der Waals surface area contributed by atoms with Crippen molar-refractivity contribution in [2.24, 2.45) is 0 Å². The van der Waals surface area contributed by atoms with Gasteiger partial charge in [-0.3, -0.25) is 0 Å². The number of benzene rings is 4. The Morgan fingerprint density at radius 3 is 1.10 bits per heavy atom. The van der Waals surface area contributed by atoms with Gasteiger partial charge >= 0.3 is 0 Å². The van der Waals surface area contributed by atoms with Gasteiger partial charge in [-0.1, -0.05) is 121 Å². The minimum absolute atomic E-state index is 0.260. The molecular formula is C27H27NSi. The molecule has 0 amide bonds. The van der Waals surface area contributed by atoms with Crippen LogP contribution in [0.15, 0.2) is 121 Å². The molecule has 0 saturated heterocycles. The highest BCUT2D eigenvalue weighted by atomic mass is 28.3. The summed E-state index contributed by atoms with van der Waals surface area (Å²) in [6.07, 6.45) is 0. The van der Waals surface area contributed by atoms with Crippen molar-refractivity contribution >= 4 is 23.6 Å². The molecule has 0 bridgehead atoms. The van der Waals surface area contributed by atoms with Crippen molar-refractivity contribution in [1.29, 1.82) is 0 Å². The van der Waals surface area contributed by atoms with Crippen LogP contribution in [0.4, 0.5) is 0 Å². The van der Waals surface area contributed by atoms with Gasteiger partial charge in [0.1, 0.15) is 0 Å². The van der Waals surface area contributed by atoms with Crippen molar-refractivity contribution in [2.45, 2.75) is 5.67 Å². The first-order chi connectivity index (χ1) is 14.2. The maximum absolute atomic E-state index is 2.43. The van der Waals surface area contributed by atoms with E-state index in [1.807, 2.05) is 0 Å². The van der Waals surface area contributed by atoms with E-state index in [4.69, 9.17) is 0 Å². The average Bonchev–Trinajstić information content (AvgIpc) is 2.79. The fourth-order valence-corrected chi connectivity index (χ4v) is 10.2. The third-order valence-corrected chi connectivity index (χ3v) is 11.1. The van der Waals surface area contributed by atoms with Crippen LogP contribution in [0.5, 0.6) is 0 Å². The van der Waals surface area contributed by atoms with Gasteiger partial charge in [0.25, 0.3) is 0 Å². The second kappa shape index (κ2) is 8.60. The van der Waals surface area contributed by atoms with Crippen LogP contribution >= 0.6 is 0 Å². The Morgan fingerprint density at radius 1 is 0.483 bits per heavy atom. The van der Waals surface area contributed by atoms with Crippen molar-refractivity contribution < 1.29 is 0 Å². The first kappa shape index (κ1) is 19.4. The highest BCUT2D eigenvalue weighted by molar-refractivity contribution is 7.12. The van der Waals surface area contributed by atoms with E-state index < -0.39 is 8.07 Å². The third kappa shape index (κ3) is 3.57. The molecule has 0 spiro atoms. The van der Waals surface area contributed by atoms with Gasteiger partial charge in [0.2, 0.25) is 0 Å². The van der Waals surface area contributed by atoms with Crippen LogP contribution in [0.1, 0.15) is 11.2 Å². The highest BCUT2D eigenvalue weighted by Crippen LogP contribution is 2.29. The lowest BCUT2D eigenvalue weighted by atomic mass is 10.2. The van der Waals surface area contributed by atoms with Crippen molar-refractivity contribution in [3.05, 3.63) is 127 Å². The van der Waals surface area contributed by atoms with E-state index in [2.05, 4.69) is 140 Å². The van der Waals surface area contributed by atoms with Crippen molar-refractivity contribution in [3.8, 4) is 0 Å². The van der Waals surface area contributed by atoms with E-state index in [9.17, 15) is 0 Å². The molecule has 2 heteroatoms. The summed E-state index contributed by atoms with van der Waals surface area (Å²) in [4.78, 5) is 2.41. The van der Waals surface area contributed by atoms with Crippen LogP contribution in [-0.2, 0) is 0 Å². The van der Waals surface area contributed by atoms with Gasteiger partial charge < -0.3 is 4.90 Å². The summed E-state index contributed by atoms with van der Waals surface area (Å²) >= 11 is 0. The van der Waals surface area contributed by atoms with Crippen LogP contribution in [-0.4, -0.2) is 27.1 Å². The first-order valence-corrected chi connectivity index (χ1v) is 12.2. The van der Waals surface area contributed by atoms with E-state index >= 15 is 0 Å². The molecule has 1 nitrogen and oxygen atoms in total. The Balaban J connectivity index is 2.13. The van der Waals surface area contributed by atoms with Gasteiger partial charge in [0.05, 0.1) is 0 Å². The third-order valence-electron chi connectivity index (χ3n) is 5.73. The molecule has 0 saturated carbocycles. The van der Waals surface area contributed by atoms with Crippen LogP contribution in [0.2, 0.25) is 0 Å². The molecule has 4 aromatic rings. The molecule has 0 N–H and O–H groups in total. The highest BCUT2D eigenvalue weighted by Gasteiger charge is 2.48. The van der Waals surface area contributed by atoms with E-state index in [1.165, 1.54) is 21.1 Å². The van der Waals surface area contributed by atoms with E-state index in [0.29, 0.717) is 0 Å². The predicted molar refractivity (Wildman–Crippen MR) is 127 cm³/mol. The molecule has 0 heterocycles. The molecule has 1 atom stereocenters. The molecule has 0 aliphatic heterocycles. The molecule has 0 aromatic heterocycles. The predicted octanol–water partition coefficient (Wildman–Crippen LogP) is 4.00. The molecule has 29 heavy (non-hydrogen) atoms. The molecule has 0 unspecified atom stereocenters. The van der Waals surface area contributed by atoms with Crippen LogP contribution in [0, 0.1) is 0 Å². The van der Waals surface area contributed by atoms with Gasteiger partial charge in [-0.15, -0.1) is 0 Å². The maximum Gasteiger partial charge on any atom is 0.170 e. The summed E-state index contributed by atoms with van der Waals surface area (Å²) in [6.45, 7) is 0.